The summed E-state index contributed by atoms with van der Waals surface area (Å²) in [5, 5.41) is 10.3. The van der Waals surface area contributed by atoms with Crippen LogP contribution in [0.25, 0.3) is 10.1 Å². The Morgan fingerprint density at radius 2 is 2.00 bits per heavy atom. The van der Waals surface area contributed by atoms with Crippen LogP contribution in [0.15, 0.2) is 48.8 Å². The van der Waals surface area contributed by atoms with E-state index in [4.69, 9.17) is 16.9 Å². The summed E-state index contributed by atoms with van der Waals surface area (Å²) in [6.45, 7) is 0.788. The molecule has 0 spiro atoms. The average Bonchev–Trinajstić information content (AvgIpc) is 2.96. The molecule has 0 saturated heterocycles. The summed E-state index contributed by atoms with van der Waals surface area (Å²) in [6, 6.07) is 13.5. The fourth-order valence-corrected chi connectivity index (χ4v) is 3.92. The number of halogens is 1. The molecule has 0 saturated carbocycles. The van der Waals surface area contributed by atoms with Crippen molar-refractivity contribution >= 4 is 38.9 Å². The number of benzene rings is 1. The molecule has 0 radical (unpaired) electrons. The van der Waals surface area contributed by atoms with Gasteiger partial charge in [-0.25, -0.2) is 0 Å². The second-order valence-corrected chi connectivity index (χ2v) is 6.66. The monoisotopic (exact) mass is 355 g/mol. The molecule has 1 aromatic carbocycles. The van der Waals surface area contributed by atoms with Gasteiger partial charge < -0.3 is 4.90 Å². The zero-order valence-electron chi connectivity index (χ0n) is 12.8. The van der Waals surface area contributed by atoms with E-state index in [1.165, 1.54) is 11.3 Å². The molecule has 3 aromatic rings. The minimum Gasteiger partial charge on any atom is -0.333 e. The number of aromatic nitrogens is 1. The van der Waals surface area contributed by atoms with Crippen LogP contribution in [0, 0.1) is 11.3 Å². The largest absolute Gasteiger partial charge is 0.333 e. The highest BCUT2D eigenvalue weighted by Crippen LogP contribution is 2.36. The van der Waals surface area contributed by atoms with Crippen LogP contribution < -0.4 is 0 Å². The maximum Gasteiger partial charge on any atom is 0.265 e. The first-order valence-corrected chi connectivity index (χ1v) is 8.62. The Morgan fingerprint density at radius 3 is 2.71 bits per heavy atom. The number of pyridine rings is 1. The molecule has 0 aliphatic heterocycles. The fourth-order valence-electron chi connectivity index (χ4n) is 2.44. The molecule has 3 rings (SSSR count). The van der Waals surface area contributed by atoms with Crippen molar-refractivity contribution in [3.05, 3.63) is 64.3 Å². The van der Waals surface area contributed by atoms with E-state index in [0.29, 0.717) is 23.0 Å². The van der Waals surface area contributed by atoms with Gasteiger partial charge in [0.25, 0.3) is 5.91 Å². The lowest BCUT2D eigenvalue weighted by Gasteiger charge is -2.21. The number of carbonyl (C=O) groups is 1. The molecule has 1 amide bonds. The summed E-state index contributed by atoms with van der Waals surface area (Å²) < 4.78 is 0.981. The van der Waals surface area contributed by atoms with Gasteiger partial charge in [-0.05, 0) is 23.8 Å². The maximum atomic E-state index is 13.0. The van der Waals surface area contributed by atoms with Crippen molar-refractivity contribution in [2.75, 3.05) is 6.54 Å². The Labute approximate surface area is 148 Å². The van der Waals surface area contributed by atoms with Crippen molar-refractivity contribution in [3.8, 4) is 6.07 Å². The van der Waals surface area contributed by atoms with E-state index >= 15 is 0 Å². The number of hydrogen-bond acceptors (Lipinski definition) is 4. The van der Waals surface area contributed by atoms with Crippen molar-refractivity contribution in [1.82, 2.24) is 9.88 Å². The van der Waals surface area contributed by atoms with Crippen molar-refractivity contribution < 1.29 is 4.79 Å². The van der Waals surface area contributed by atoms with Crippen molar-refractivity contribution in [2.45, 2.75) is 13.0 Å². The van der Waals surface area contributed by atoms with Gasteiger partial charge in [0, 0.05) is 35.6 Å². The van der Waals surface area contributed by atoms with E-state index in [1.807, 2.05) is 36.4 Å². The third kappa shape index (κ3) is 3.40. The Hall–Kier alpha value is -2.42. The van der Waals surface area contributed by atoms with E-state index in [0.717, 1.165) is 15.6 Å². The van der Waals surface area contributed by atoms with Crippen LogP contribution in [0.5, 0.6) is 0 Å². The minimum atomic E-state index is -0.145. The van der Waals surface area contributed by atoms with Gasteiger partial charge in [-0.3, -0.25) is 9.78 Å². The number of rotatable bonds is 5. The van der Waals surface area contributed by atoms with Crippen LogP contribution in [0.4, 0.5) is 0 Å². The molecule has 120 valence electrons. The third-order valence-electron chi connectivity index (χ3n) is 3.63. The molecule has 0 aliphatic carbocycles. The normalized spacial score (nSPS) is 10.5. The molecule has 0 fully saturated rings. The number of amides is 1. The highest BCUT2D eigenvalue weighted by Gasteiger charge is 2.22. The summed E-state index contributed by atoms with van der Waals surface area (Å²) in [5.41, 5.74) is 0.966. The smallest absolute Gasteiger partial charge is 0.265 e. The van der Waals surface area contributed by atoms with E-state index in [1.54, 1.807) is 17.3 Å². The van der Waals surface area contributed by atoms with Gasteiger partial charge in [-0.15, -0.1) is 11.3 Å². The molecular weight excluding hydrogens is 342 g/mol. The molecule has 0 N–H and O–H groups in total. The predicted molar refractivity (Wildman–Crippen MR) is 96.0 cm³/mol. The first-order chi connectivity index (χ1) is 11.7. The van der Waals surface area contributed by atoms with Crippen molar-refractivity contribution in [1.29, 1.82) is 5.26 Å². The van der Waals surface area contributed by atoms with Crippen LogP contribution in [-0.2, 0) is 6.54 Å². The Bertz CT molecular complexity index is 902. The average molecular weight is 356 g/mol. The number of carbonyl (C=O) groups excluding carboxylic acids is 1. The van der Waals surface area contributed by atoms with E-state index in [2.05, 4.69) is 11.1 Å². The summed E-state index contributed by atoms with van der Waals surface area (Å²) in [5.74, 6) is -0.145. The van der Waals surface area contributed by atoms with Gasteiger partial charge in [0.05, 0.1) is 17.5 Å². The summed E-state index contributed by atoms with van der Waals surface area (Å²) in [6.07, 6.45) is 3.66. The molecule has 2 heterocycles. The first-order valence-electron chi connectivity index (χ1n) is 7.43. The minimum absolute atomic E-state index is 0.145. The lowest BCUT2D eigenvalue weighted by atomic mass is 10.2. The van der Waals surface area contributed by atoms with Gasteiger partial charge in [0.2, 0.25) is 0 Å². The maximum absolute atomic E-state index is 13.0. The Morgan fingerprint density at radius 1 is 1.25 bits per heavy atom. The number of hydrogen-bond donors (Lipinski definition) is 0. The second-order valence-electron chi connectivity index (χ2n) is 5.23. The van der Waals surface area contributed by atoms with E-state index < -0.39 is 0 Å². The topological polar surface area (TPSA) is 57.0 Å². The van der Waals surface area contributed by atoms with Crippen LogP contribution >= 0.6 is 22.9 Å². The van der Waals surface area contributed by atoms with Gasteiger partial charge in [0.15, 0.2) is 0 Å². The molecule has 0 unspecified atom stereocenters. The lowest BCUT2D eigenvalue weighted by molar-refractivity contribution is 0.0752. The SMILES string of the molecule is N#CCCN(Cc1ccncc1)C(=O)c1sc2ccccc2c1Cl. The molecule has 0 atom stereocenters. The molecule has 4 nitrogen and oxygen atoms in total. The number of fused-ring (bicyclic) bond motifs is 1. The second kappa shape index (κ2) is 7.43. The summed E-state index contributed by atoms with van der Waals surface area (Å²) in [7, 11) is 0. The quantitative estimate of drug-likeness (QED) is 0.676. The van der Waals surface area contributed by atoms with Gasteiger partial charge >= 0.3 is 0 Å². The fraction of sp³-hybridized carbons (Fsp3) is 0.167. The molecule has 6 heteroatoms. The van der Waals surface area contributed by atoms with E-state index in [9.17, 15) is 4.79 Å². The zero-order valence-corrected chi connectivity index (χ0v) is 14.3. The lowest BCUT2D eigenvalue weighted by Crippen LogP contribution is -2.31. The standard InChI is InChI=1S/C18H14ClN3OS/c19-16-14-4-1-2-5-15(14)24-17(16)18(23)22(11-3-8-20)12-13-6-9-21-10-7-13/h1-2,4-7,9-10H,3,11-12H2. The zero-order chi connectivity index (χ0) is 16.9. The number of nitriles is 1. The van der Waals surface area contributed by atoms with Gasteiger partial charge in [-0.2, -0.15) is 5.26 Å². The highest BCUT2D eigenvalue weighted by atomic mass is 35.5. The Balaban J connectivity index is 1.92. The van der Waals surface area contributed by atoms with Crippen molar-refractivity contribution in [3.63, 3.8) is 0 Å². The van der Waals surface area contributed by atoms with Crippen LogP contribution in [0.1, 0.15) is 21.7 Å². The molecule has 24 heavy (non-hydrogen) atoms. The predicted octanol–water partition coefficient (Wildman–Crippen LogP) is 4.51. The molecular formula is C18H14ClN3OS. The molecule has 2 aromatic heterocycles. The summed E-state index contributed by atoms with van der Waals surface area (Å²) >= 11 is 7.81. The third-order valence-corrected chi connectivity index (χ3v) is 5.30. The van der Waals surface area contributed by atoms with E-state index in [-0.39, 0.29) is 12.3 Å². The van der Waals surface area contributed by atoms with Crippen LogP contribution in [0.2, 0.25) is 5.02 Å². The van der Waals surface area contributed by atoms with Crippen LogP contribution in [0.3, 0.4) is 0 Å². The van der Waals surface area contributed by atoms with Crippen LogP contribution in [-0.4, -0.2) is 22.3 Å². The van der Waals surface area contributed by atoms with Gasteiger partial charge in [0.1, 0.15) is 4.88 Å². The number of thiophene rings is 1. The first kappa shape index (κ1) is 16.4. The molecule has 0 bridgehead atoms. The highest BCUT2D eigenvalue weighted by molar-refractivity contribution is 7.21. The Kier molecular flexibility index (Phi) is 5.09. The number of nitrogens with zero attached hydrogens (tertiary/aromatic N) is 3. The van der Waals surface area contributed by atoms with Crippen molar-refractivity contribution in [2.24, 2.45) is 0 Å². The van der Waals surface area contributed by atoms with Gasteiger partial charge in [-0.1, -0.05) is 29.8 Å². The molecule has 0 aliphatic rings. The summed E-state index contributed by atoms with van der Waals surface area (Å²) in [4.78, 5) is 19.1.